The molecule has 1 atom stereocenters. The fourth-order valence-corrected chi connectivity index (χ4v) is 2.81. The van der Waals surface area contributed by atoms with E-state index >= 15 is 0 Å². The SMILES string of the molecule is COc1ccccc1OCC(=O)N[C@H](CC(C)C)C(=O)N1CCOCC1. The third-order valence-corrected chi connectivity index (χ3v) is 4.09. The lowest BCUT2D eigenvalue weighted by Gasteiger charge is -2.31. The molecule has 1 aromatic rings. The van der Waals surface area contributed by atoms with Gasteiger partial charge in [-0.2, -0.15) is 0 Å². The number of ether oxygens (including phenoxy) is 3. The van der Waals surface area contributed by atoms with Gasteiger partial charge in [0.15, 0.2) is 18.1 Å². The highest BCUT2D eigenvalue weighted by molar-refractivity contribution is 5.88. The zero-order chi connectivity index (χ0) is 18.9. The number of morpholine rings is 1. The molecule has 7 heteroatoms. The summed E-state index contributed by atoms with van der Waals surface area (Å²) in [5, 5.41) is 2.82. The van der Waals surface area contributed by atoms with Crippen LogP contribution in [0.3, 0.4) is 0 Å². The summed E-state index contributed by atoms with van der Waals surface area (Å²) in [5.41, 5.74) is 0. The van der Waals surface area contributed by atoms with E-state index in [1.807, 2.05) is 19.9 Å². The number of amides is 2. The Hall–Kier alpha value is -2.28. The van der Waals surface area contributed by atoms with Crippen molar-refractivity contribution in [3.05, 3.63) is 24.3 Å². The smallest absolute Gasteiger partial charge is 0.258 e. The Balaban J connectivity index is 1.93. The van der Waals surface area contributed by atoms with Gasteiger partial charge in [-0.3, -0.25) is 9.59 Å². The molecule has 1 aromatic carbocycles. The quantitative estimate of drug-likeness (QED) is 0.756. The first-order valence-corrected chi connectivity index (χ1v) is 8.93. The fourth-order valence-electron chi connectivity index (χ4n) is 2.81. The third kappa shape index (κ3) is 5.91. The molecule has 2 rings (SSSR count). The highest BCUT2D eigenvalue weighted by Gasteiger charge is 2.28. The second-order valence-electron chi connectivity index (χ2n) is 6.63. The van der Waals surface area contributed by atoms with Gasteiger partial charge in [0.1, 0.15) is 6.04 Å². The summed E-state index contributed by atoms with van der Waals surface area (Å²) >= 11 is 0. The van der Waals surface area contributed by atoms with Crippen LogP contribution in [-0.2, 0) is 14.3 Å². The molecule has 1 fully saturated rings. The lowest BCUT2D eigenvalue weighted by molar-refractivity contribution is -0.140. The van der Waals surface area contributed by atoms with E-state index < -0.39 is 6.04 Å². The first kappa shape index (κ1) is 20.0. The van der Waals surface area contributed by atoms with E-state index in [1.54, 1.807) is 30.2 Å². The third-order valence-electron chi connectivity index (χ3n) is 4.09. The molecule has 1 aliphatic rings. The summed E-state index contributed by atoms with van der Waals surface area (Å²) in [6, 6.07) is 6.57. The average molecular weight is 364 g/mol. The van der Waals surface area contributed by atoms with E-state index in [9.17, 15) is 9.59 Å². The largest absolute Gasteiger partial charge is 0.493 e. The Morgan fingerprint density at radius 2 is 1.85 bits per heavy atom. The van der Waals surface area contributed by atoms with Crippen LogP contribution in [0.1, 0.15) is 20.3 Å². The number of hydrogen-bond donors (Lipinski definition) is 1. The number of methoxy groups -OCH3 is 1. The van der Waals surface area contributed by atoms with Crippen molar-refractivity contribution in [2.24, 2.45) is 5.92 Å². The molecule has 1 saturated heterocycles. The van der Waals surface area contributed by atoms with Gasteiger partial charge in [-0.25, -0.2) is 0 Å². The van der Waals surface area contributed by atoms with Crippen LogP contribution in [-0.4, -0.2) is 62.8 Å². The van der Waals surface area contributed by atoms with Crippen molar-refractivity contribution in [2.45, 2.75) is 26.3 Å². The molecule has 1 aliphatic heterocycles. The number of para-hydroxylation sites is 2. The zero-order valence-corrected chi connectivity index (χ0v) is 15.7. The minimum atomic E-state index is -0.554. The minimum absolute atomic E-state index is 0.0624. The monoisotopic (exact) mass is 364 g/mol. The lowest BCUT2D eigenvalue weighted by atomic mass is 10.0. The second kappa shape index (κ2) is 10.0. The molecule has 0 aliphatic carbocycles. The minimum Gasteiger partial charge on any atom is -0.493 e. The number of carbonyl (C=O) groups excluding carboxylic acids is 2. The van der Waals surface area contributed by atoms with Gasteiger partial charge in [0.05, 0.1) is 20.3 Å². The normalized spacial score (nSPS) is 15.5. The van der Waals surface area contributed by atoms with Crippen molar-refractivity contribution >= 4 is 11.8 Å². The summed E-state index contributed by atoms with van der Waals surface area (Å²) in [7, 11) is 1.54. The number of carbonyl (C=O) groups is 2. The van der Waals surface area contributed by atoms with Crippen molar-refractivity contribution in [3.63, 3.8) is 0 Å². The summed E-state index contributed by atoms with van der Waals surface area (Å²) in [5.74, 6) is 0.935. The van der Waals surface area contributed by atoms with Crippen molar-refractivity contribution in [1.29, 1.82) is 0 Å². The topological polar surface area (TPSA) is 77.1 Å². The molecule has 0 saturated carbocycles. The molecule has 7 nitrogen and oxygen atoms in total. The average Bonchev–Trinajstić information content (AvgIpc) is 2.65. The van der Waals surface area contributed by atoms with E-state index in [0.717, 1.165) is 0 Å². The van der Waals surface area contributed by atoms with E-state index in [4.69, 9.17) is 14.2 Å². The maximum absolute atomic E-state index is 12.7. The van der Waals surface area contributed by atoms with Gasteiger partial charge in [0.25, 0.3) is 5.91 Å². The molecular formula is C19H28N2O5. The molecule has 144 valence electrons. The first-order chi connectivity index (χ1) is 12.5. The second-order valence-corrected chi connectivity index (χ2v) is 6.63. The van der Waals surface area contributed by atoms with Gasteiger partial charge in [0, 0.05) is 13.1 Å². The van der Waals surface area contributed by atoms with Crippen LogP contribution >= 0.6 is 0 Å². The van der Waals surface area contributed by atoms with Crippen LogP contribution in [0.25, 0.3) is 0 Å². The summed E-state index contributed by atoms with van der Waals surface area (Å²) in [4.78, 5) is 26.8. The first-order valence-electron chi connectivity index (χ1n) is 8.93. The summed E-state index contributed by atoms with van der Waals surface area (Å²) < 4.78 is 16.0. The van der Waals surface area contributed by atoms with Crippen LogP contribution in [0.4, 0.5) is 0 Å². The number of benzene rings is 1. The van der Waals surface area contributed by atoms with Crippen molar-refractivity contribution < 1.29 is 23.8 Å². The standard InChI is InChI=1S/C19H28N2O5/c1-14(2)12-15(19(23)21-8-10-25-11-9-21)20-18(22)13-26-17-7-5-4-6-16(17)24-3/h4-7,14-15H,8-13H2,1-3H3,(H,20,22)/t15-/m1/s1. The Morgan fingerprint density at radius 3 is 2.46 bits per heavy atom. The molecule has 0 unspecified atom stereocenters. The van der Waals surface area contributed by atoms with Crippen LogP contribution in [0, 0.1) is 5.92 Å². The summed E-state index contributed by atoms with van der Waals surface area (Å²) in [6.07, 6.45) is 0.580. The number of nitrogens with one attached hydrogen (secondary N) is 1. The fraction of sp³-hybridized carbons (Fsp3) is 0.579. The molecule has 0 bridgehead atoms. The number of hydrogen-bond acceptors (Lipinski definition) is 5. The van der Waals surface area contributed by atoms with Gasteiger partial charge in [0.2, 0.25) is 5.91 Å². The van der Waals surface area contributed by atoms with E-state index in [-0.39, 0.29) is 24.3 Å². The summed E-state index contributed by atoms with van der Waals surface area (Å²) in [6.45, 7) is 6.05. The highest BCUT2D eigenvalue weighted by atomic mass is 16.5. The maximum Gasteiger partial charge on any atom is 0.258 e. The number of nitrogens with zero attached hydrogens (tertiary/aromatic N) is 1. The Bertz CT molecular complexity index is 599. The molecule has 0 radical (unpaired) electrons. The van der Waals surface area contributed by atoms with Gasteiger partial charge < -0.3 is 24.4 Å². The lowest BCUT2D eigenvalue weighted by Crippen LogP contribution is -2.52. The van der Waals surface area contributed by atoms with Crippen molar-refractivity contribution in [1.82, 2.24) is 10.2 Å². The maximum atomic E-state index is 12.7. The Labute approximate surface area is 154 Å². The highest BCUT2D eigenvalue weighted by Crippen LogP contribution is 2.25. The van der Waals surface area contributed by atoms with Crippen molar-refractivity contribution in [2.75, 3.05) is 40.0 Å². The molecule has 1 heterocycles. The van der Waals surface area contributed by atoms with Gasteiger partial charge >= 0.3 is 0 Å². The predicted octanol–water partition coefficient (Wildman–Crippen LogP) is 1.46. The van der Waals surface area contributed by atoms with Gasteiger partial charge in [-0.05, 0) is 24.5 Å². The van der Waals surface area contributed by atoms with Crippen LogP contribution in [0.2, 0.25) is 0 Å². The van der Waals surface area contributed by atoms with Gasteiger partial charge in [-0.1, -0.05) is 26.0 Å². The molecule has 0 aromatic heterocycles. The number of rotatable bonds is 8. The Kier molecular flexibility index (Phi) is 7.72. The van der Waals surface area contributed by atoms with E-state index in [1.165, 1.54) is 0 Å². The van der Waals surface area contributed by atoms with Crippen LogP contribution in [0.15, 0.2) is 24.3 Å². The van der Waals surface area contributed by atoms with E-state index in [0.29, 0.717) is 44.2 Å². The zero-order valence-electron chi connectivity index (χ0n) is 15.7. The predicted molar refractivity (Wildman–Crippen MR) is 97.3 cm³/mol. The molecule has 1 N–H and O–H groups in total. The van der Waals surface area contributed by atoms with Gasteiger partial charge in [-0.15, -0.1) is 0 Å². The van der Waals surface area contributed by atoms with Crippen LogP contribution < -0.4 is 14.8 Å². The molecule has 2 amide bonds. The van der Waals surface area contributed by atoms with E-state index in [2.05, 4.69) is 5.32 Å². The van der Waals surface area contributed by atoms with Crippen LogP contribution in [0.5, 0.6) is 11.5 Å². The Morgan fingerprint density at radius 1 is 1.19 bits per heavy atom. The van der Waals surface area contributed by atoms with Crippen molar-refractivity contribution in [3.8, 4) is 11.5 Å². The molecule has 0 spiro atoms. The molecular weight excluding hydrogens is 336 g/mol. The molecule has 26 heavy (non-hydrogen) atoms.